The van der Waals surface area contributed by atoms with Crippen molar-refractivity contribution in [2.24, 2.45) is 5.73 Å². The number of hydrogen-bond donors (Lipinski definition) is 1. The first-order chi connectivity index (χ1) is 7.70. The molecule has 86 valence electrons. The van der Waals surface area contributed by atoms with Crippen molar-refractivity contribution in [2.45, 2.75) is 25.9 Å². The Morgan fingerprint density at radius 2 is 2.44 bits per heavy atom. The quantitative estimate of drug-likeness (QED) is 0.943. The molecule has 0 saturated heterocycles. The number of aromatic nitrogens is 2. The largest absolute Gasteiger partial charge is 0.335 e. The van der Waals surface area contributed by atoms with Gasteiger partial charge in [0.1, 0.15) is 5.82 Å². The van der Waals surface area contributed by atoms with Crippen molar-refractivity contribution < 1.29 is 0 Å². The van der Waals surface area contributed by atoms with Crippen molar-refractivity contribution in [3.63, 3.8) is 0 Å². The first-order valence-electron chi connectivity index (χ1n) is 5.20. The smallest absolute Gasteiger partial charge is 0.110 e. The Kier molecular flexibility index (Phi) is 3.78. The average molecular weight is 300 g/mol. The minimum atomic E-state index is 0.0315. The van der Waals surface area contributed by atoms with Gasteiger partial charge in [-0.05, 0) is 28.9 Å². The van der Waals surface area contributed by atoms with E-state index in [1.54, 1.807) is 11.3 Å². The molecular weight excluding hydrogens is 286 g/mol. The van der Waals surface area contributed by atoms with E-state index in [4.69, 9.17) is 5.73 Å². The number of hydrogen-bond acceptors (Lipinski definition) is 3. The molecule has 2 N–H and O–H groups in total. The maximum absolute atomic E-state index is 6.16. The minimum Gasteiger partial charge on any atom is -0.335 e. The topological polar surface area (TPSA) is 43.8 Å². The molecule has 16 heavy (non-hydrogen) atoms. The zero-order chi connectivity index (χ0) is 11.5. The molecule has 0 saturated carbocycles. The van der Waals surface area contributed by atoms with Crippen LogP contribution in [-0.4, -0.2) is 9.55 Å². The summed E-state index contributed by atoms with van der Waals surface area (Å²) >= 11 is 5.12. The Morgan fingerprint density at radius 3 is 3.06 bits per heavy atom. The Labute approximate surface area is 107 Å². The Balaban J connectivity index is 2.10. The third-order valence-electron chi connectivity index (χ3n) is 2.50. The Morgan fingerprint density at radius 1 is 1.62 bits per heavy atom. The molecule has 2 aromatic heterocycles. The van der Waals surface area contributed by atoms with Gasteiger partial charge in [-0.15, -0.1) is 11.3 Å². The third kappa shape index (κ3) is 2.53. The third-order valence-corrected chi connectivity index (χ3v) is 4.32. The van der Waals surface area contributed by atoms with Crippen LogP contribution in [0, 0.1) is 0 Å². The van der Waals surface area contributed by atoms with Crippen LogP contribution >= 0.6 is 27.3 Å². The van der Waals surface area contributed by atoms with E-state index in [1.807, 2.05) is 12.4 Å². The molecule has 0 aliphatic heterocycles. The molecule has 0 fully saturated rings. The molecule has 2 aromatic rings. The molecule has 0 aliphatic carbocycles. The lowest BCUT2D eigenvalue weighted by Crippen LogP contribution is -2.15. The van der Waals surface area contributed by atoms with Gasteiger partial charge in [0, 0.05) is 46.1 Å². The summed E-state index contributed by atoms with van der Waals surface area (Å²) in [5.41, 5.74) is 6.16. The fourth-order valence-electron chi connectivity index (χ4n) is 1.64. The first kappa shape index (κ1) is 11.8. The van der Waals surface area contributed by atoms with Gasteiger partial charge in [-0.1, -0.05) is 0 Å². The van der Waals surface area contributed by atoms with Gasteiger partial charge in [0.25, 0.3) is 0 Å². The lowest BCUT2D eigenvalue weighted by molar-refractivity contribution is 0.634. The lowest BCUT2D eigenvalue weighted by atomic mass is 10.2. The summed E-state index contributed by atoms with van der Waals surface area (Å²) in [6.07, 6.45) is 4.61. The normalized spacial score (nSPS) is 12.9. The summed E-state index contributed by atoms with van der Waals surface area (Å²) < 4.78 is 3.23. The predicted octanol–water partition coefficient (Wildman–Crippen LogP) is 2.97. The van der Waals surface area contributed by atoms with Gasteiger partial charge in [0.05, 0.1) is 0 Å². The molecule has 2 heterocycles. The van der Waals surface area contributed by atoms with Gasteiger partial charge in [-0.25, -0.2) is 4.98 Å². The number of thiophene rings is 1. The SMILES string of the molecule is CCn1ccnc1CC(N)c1cc(Br)cs1. The van der Waals surface area contributed by atoms with E-state index in [9.17, 15) is 0 Å². The van der Waals surface area contributed by atoms with Crippen molar-refractivity contribution in [3.05, 3.63) is 39.0 Å². The summed E-state index contributed by atoms with van der Waals surface area (Å²) in [6.45, 7) is 3.05. The average Bonchev–Trinajstić information content (AvgIpc) is 2.86. The van der Waals surface area contributed by atoms with Crippen LogP contribution in [0.1, 0.15) is 23.7 Å². The molecular formula is C11H14BrN3S. The second kappa shape index (κ2) is 5.12. The summed E-state index contributed by atoms with van der Waals surface area (Å²) in [6, 6.07) is 2.11. The van der Waals surface area contributed by atoms with E-state index in [-0.39, 0.29) is 6.04 Å². The van der Waals surface area contributed by atoms with Crippen LogP contribution in [0.2, 0.25) is 0 Å². The highest BCUT2D eigenvalue weighted by Crippen LogP contribution is 2.26. The van der Waals surface area contributed by atoms with E-state index < -0.39 is 0 Å². The Bertz CT molecular complexity index is 463. The molecule has 3 nitrogen and oxygen atoms in total. The van der Waals surface area contributed by atoms with Gasteiger partial charge in [0.2, 0.25) is 0 Å². The van der Waals surface area contributed by atoms with Crippen LogP contribution in [0.15, 0.2) is 28.3 Å². The van der Waals surface area contributed by atoms with Crippen molar-refractivity contribution >= 4 is 27.3 Å². The summed E-state index contributed by atoms with van der Waals surface area (Å²) in [5, 5.41) is 2.06. The van der Waals surface area contributed by atoms with Gasteiger partial charge in [-0.2, -0.15) is 0 Å². The van der Waals surface area contributed by atoms with E-state index in [0.29, 0.717) is 0 Å². The fourth-order valence-corrected chi connectivity index (χ4v) is 3.09. The van der Waals surface area contributed by atoms with Crippen LogP contribution in [0.5, 0.6) is 0 Å². The Hall–Kier alpha value is -0.650. The minimum absolute atomic E-state index is 0.0315. The molecule has 0 radical (unpaired) electrons. The predicted molar refractivity (Wildman–Crippen MR) is 70.6 cm³/mol. The standard InChI is InChI=1S/C11H14BrN3S/c1-2-15-4-3-14-11(15)6-9(13)10-5-8(12)7-16-10/h3-5,7,9H,2,6,13H2,1H3. The summed E-state index contributed by atoms with van der Waals surface area (Å²) in [4.78, 5) is 5.53. The molecule has 0 spiro atoms. The van der Waals surface area contributed by atoms with Gasteiger partial charge < -0.3 is 10.3 Å². The van der Waals surface area contributed by atoms with Crippen molar-refractivity contribution in [1.29, 1.82) is 0 Å². The van der Waals surface area contributed by atoms with E-state index in [0.717, 1.165) is 23.3 Å². The first-order valence-corrected chi connectivity index (χ1v) is 6.87. The van der Waals surface area contributed by atoms with Crippen molar-refractivity contribution in [2.75, 3.05) is 0 Å². The zero-order valence-electron chi connectivity index (χ0n) is 9.06. The lowest BCUT2D eigenvalue weighted by Gasteiger charge is -2.10. The van der Waals surface area contributed by atoms with Crippen LogP contribution < -0.4 is 5.73 Å². The molecule has 2 rings (SSSR count). The second-order valence-electron chi connectivity index (χ2n) is 3.61. The van der Waals surface area contributed by atoms with Crippen LogP contribution in [0.25, 0.3) is 0 Å². The van der Waals surface area contributed by atoms with Crippen molar-refractivity contribution in [3.8, 4) is 0 Å². The number of halogens is 1. The molecule has 5 heteroatoms. The van der Waals surface area contributed by atoms with Gasteiger partial charge >= 0.3 is 0 Å². The highest BCUT2D eigenvalue weighted by Gasteiger charge is 2.12. The van der Waals surface area contributed by atoms with E-state index >= 15 is 0 Å². The molecule has 0 amide bonds. The summed E-state index contributed by atoms with van der Waals surface area (Å²) in [5.74, 6) is 1.06. The maximum Gasteiger partial charge on any atom is 0.110 e. The highest BCUT2D eigenvalue weighted by molar-refractivity contribution is 9.10. The monoisotopic (exact) mass is 299 g/mol. The maximum atomic E-state index is 6.16. The molecule has 0 aliphatic rings. The number of nitrogens with two attached hydrogens (primary N) is 1. The van der Waals surface area contributed by atoms with Crippen LogP contribution in [-0.2, 0) is 13.0 Å². The number of nitrogens with zero attached hydrogens (tertiary/aromatic N) is 2. The number of imidazole rings is 1. The van der Waals surface area contributed by atoms with E-state index in [2.05, 4.69) is 43.9 Å². The summed E-state index contributed by atoms with van der Waals surface area (Å²) in [7, 11) is 0. The highest BCUT2D eigenvalue weighted by atomic mass is 79.9. The second-order valence-corrected chi connectivity index (χ2v) is 5.47. The molecule has 0 aromatic carbocycles. The fraction of sp³-hybridized carbons (Fsp3) is 0.364. The zero-order valence-corrected chi connectivity index (χ0v) is 11.5. The van der Waals surface area contributed by atoms with Crippen molar-refractivity contribution in [1.82, 2.24) is 9.55 Å². The van der Waals surface area contributed by atoms with E-state index in [1.165, 1.54) is 4.88 Å². The van der Waals surface area contributed by atoms with Gasteiger partial charge in [0.15, 0.2) is 0 Å². The number of rotatable bonds is 4. The number of aryl methyl sites for hydroxylation is 1. The van der Waals surface area contributed by atoms with Gasteiger partial charge in [-0.3, -0.25) is 0 Å². The molecule has 1 atom stereocenters. The van der Waals surface area contributed by atoms with Crippen LogP contribution in [0.3, 0.4) is 0 Å². The molecule has 0 bridgehead atoms. The van der Waals surface area contributed by atoms with Crippen LogP contribution in [0.4, 0.5) is 0 Å². The molecule has 1 unspecified atom stereocenters.